The summed E-state index contributed by atoms with van der Waals surface area (Å²) in [6.45, 7) is -0.195. The Bertz CT molecular complexity index is 1190. The van der Waals surface area contributed by atoms with Crippen LogP contribution in [0.25, 0.3) is 12.2 Å². The van der Waals surface area contributed by atoms with Gasteiger partial charge in [-0.1, -0.05) is 12.2 Å². The summed E-state index contributed by atoms with van der Waals surface area (Å²) in [7, 11) is 4.42. The molecule has 3 aromatic rings. The lowest BCUT2D eigenvalue weighted by atomic mass is 9.90. The van der Waals surface area contributed by atoms with Crippen molar-refractivity contribution >= 4 is 12.2 Å². The fourth-order valence-corrected chi connectivity index (χ4v) is 4.15. The standard InChI is InChI=1S/C26H26O8/c1-31-21-10-16(11-22(32-2)24(21)30)25-20(13-27)19-8-15(9-23(33-3)26(19)34-25)5-4-14-6-17(28)12-18(29)7-14/h4-12,20,25,27-30H,13H2,1-3H3. The van der Waals surface area contributed by atoms with Crippen molar-refractivity contribution in [2.45, 2.75) is 12.0 Å². The van der Waals surface area contributed by atoms with Crippen molar-refractivity contribution in [3.05, 3.63) is 64.7 Å². The van der Waals surface area contributed by atoms with Crippen molar-refractivity contribution in [3.8, 4) is 40.2 Å². The highest BCUT2D eigenvalue weighted by Gasteiger charge is 2.38. The minimum Gasteiger partial charge on any atom is -0.508 e. The Hall–Kier alpha value is -4.04. The summed E-state index contributed by atoms with van der Waals surface area (Å²) in [5, 5.41) is 39.9. The Morgan fingerprint density at radius 3 is 1.85 bits per heavy atom. The van der Waals surface area contributed by atoms with Crippen LogP contribution in [0.4, 0.5) is 0 Å². The van der Waals surface area contributed by atoms with Gasteiger partial charge in [-0.3, -0.25) is 0 Å². The number of phenols is 3. The van der Waals surface area contributed by atoms with Gasteiger partial charge in [0.25, 0.3) is 0 Å². The molecule has 8 nitrogen and oxygen atoms in total. The molecule has 2 unspecified atom stereocenters. The zero-order chi connectivity index (χ0) is 24.4. The molecule has 0 radical (unpaired) electrons. The molecule has 0 saturated carbocycles. The average Bonchev–Trinajstić information content (AvgIpc) is 3.20. The van der Waals surface area contributed by atoms with Gasteiger partial charge in [-0.25, -0.2) is 0 Å². The van der Waals surface area contributed by atoms with Crippen molar-refractivity contribution < 1.29 is 39.4 Å². The topological polar surface area (TPSA) is 118 Å². The van der Waals surface area contributed by atoms with Crippen LogP contribution in [0.3, 0.4) is 0 Å². The largest absolute Gasteiger partial charge is 0.508 e. The van der Waals surface area contributed by atoms with Gasteiger partial charge in [0.15, 0.2) is 23.0 Å². The van der Waals surface area contributed by atoms with Gasteiger partial charge in [-0.15, -0.1) is 0 Å². The molecule has 1 aliphatic heterocycles. The first kappa shape index (κ1) is 23.1. The van der Waals surface area contributed by atoms with E-state index in [2.05, 4.69) is 0 Å². The second-order valence-electron chi connectivity index (χ2n) is 7.86. The third-order valence-corrected chi connectivity index (χ3v) is 5.76. The van der Waals surface area contributed by atoms with E-state index in [0.29, 0.717) is 22.6 Å². The Kier molecular flexibility index (Phi) is 6.43. The summed E-state index contributed by atoms with van der Waals surface area (Å²) in [6, 6.07) is 11.3. The van der Waals surface area contributed by atoms with Crippen LogP contribution >= 0.6 is 0 Å². The molecule has 178 valence electrons. The number of hydrogen-bond donors (Lipinski definition) is 4. The maximum absolute atomic E-state index is 10.3. The Labute approximate surface area is 196 Å². The van der Waals surface area contributed by atoms with E-state index in [4.69, 9.17) is 18.9 Å². The Morgan fingerprint density at radius 1 is 0.765 bits per heavy atom. The highest BCUT2D eigenvalue weighted by molar-refractivity contribution is 5.73. The molecule has 0 aromatic heterocycles. The van der Waals surface area contributed by atoms with Crippen molar-refractivity contribution in [2.75, 3.05) is 27.9 Å². The van der Waals surface area contributed by atoms with Gasteiger partial charge < -0.3 is 39.4 Å². The van der Waals surface area contributed by atoms with Gasteiger partial charge in [0.1, 0.15) is 17.6 Å². The fraction of sp³-hybridized carbons (Fsp3) is 0.231. The number of methoxy groups -OCH3 is 3. The number of aliphatic hydroxyl groups excluding tert-OH is 1. The van der Waals surface area contributed by atoms with Gasteiger partial charge >= 0.3 is 0 Å². The monoisotopic (exact) mass is 466 g/mol. The third kappa shape index (κ3) is 4.27. The number of aromatic hydroxyl groups is 3. The predicted octanol–water partition coefficient (Wildman–Crippen LogP) is 4.21. The lowest BCUT2D eigenvalue weighted by molar-refractivity contribution is 0.156. The van der Waals surface area contributed by atoms with Crippen LogP contribution in [0.5, 0.6) is 40.2 Å². The summed E-state index contributed by atoms with van der Waals surface area (Å²) in [6.07, 6.45) is 2.99. The van der Waals surface area contributed by atoms with Crippen LogP contribution in [0, 0.1) is 0 Å². The summed E-state index contributed by atoms with van der Waals surface area (Å²) in [5.41, 5.74) is 2.82. The highest BCUT2D eigenvalue weighted by atomic mass is 16.5. The second kappa shape index (κ2) is 9.44. The molecule has 0 aliphatic carbocycles. The van der Waals surface area contributed by atoms with Crippen molar-refractivity contribution in [1.82, 2.24) is 0 Å². The van der Waals surface area contributed by atoms with Crippen molar-refractivity contribution in [2.24, 2.45) is 0 Å². The van der Waals surface area contributed by atoms with Crippen LogP contribution < -0.4 is 18.9 Å². The molecule has 1 aliphatic rings. The lowest BCUT2D eigenvalue weighted by Gasteiger charge is -2.20. The quantitative estimate of drug-likeness (QED) is 0.383. The number of aliphatic hydroxyl groups is 1. The number of rotatable bonds is 7. The molecule has 34 heavy (non-hydrogen) atoms. The molecular weight excluding hydrogens is 440 g/mol. The number of ether oxygens (including phenoxy) is 4. The Morgan fingerprint density at radius 2 is 1.32 bits per heavy atom. The van der Waals surface area contributed by atoms with Crippen LogP contribution in [0.15, 0.2) is 42.5 Å². The molecule has 4 N–H and O–H groups in total. The normalized spacial score (nSPS) is 16.8. The van der Waals surface area contributed by atoms with E-state index in [-0.39, 0.29) is 35.4 Å². The van der Waals surface area contributed by atoms with Gasteiger partial charge in [0.2, 0.25) is 5.75 Å². The maximum atomic E-state index is 10.3. The summed E-state index contributed by atoms with van der Waals surface area (Å²) in [4.78, 5) is 0. The van der Waals surface area contributed by atoms with Crippen LogP contribution in [0.2, 0.25) is 0 Å². The first-order valence-electron chi connectivity index (χ1n) is 10.5. The molecule has 0 fully saturated rings. The lowest BCUT2D eigenvalue weighted by Crippen LogP contribution is -2.13. The molecule has 0 spiro atoms. The zero-order valence-corrected chi connectivity index (χ0v) is 19.0. The number of hydrogen-bond acceptors (Lipinski definition) is 8. The molecule has 0 saturated heterocycles. The molecule has 2 atom stereocenters. The van der Waals surface area contributed by atoms with Crippen LogP contribution in [0.1, 0.15) is 34.3 Å². The van der Waals surface area contributed by atoms with E-state index in [1.807, 2.05) is 12.1 Å². The number of benzene rings is 3. The number of fused-ring (bicyclic) bond motifs is 1. The maximum Gasteiger partial charge on any atom is 0.200 e. The highest BCUT2D eigenvalue weighted by Crippen LogP contribution is 2.52. The van der Waals surface area contributed by atoms with E-state index in [1.54, 1.807) is 24.3 Å². The van der Waals surface area contributed by atoms with Crippen LogP contribution in [-0.2, 0) is 0 Å². The molecule has 0 amide bonds. The second-order valence-corrected chi connectivity index (χ2v) is 7.86. The van der Waals surface area contributed by atoms with Crippen molar-refractivity contribution in [1.29, 1.82) is 0 Å². The smallest absolute Gasteiger partial charge is 0.200 e. The van der Waals surface area contributed by atoms with E-state index in [9.17, 15) is 20.4 Å². The first-order chi connectivity index (χ1) is 16.4. The first-order valence-corrected chi connectivity index (χ1v) is 10.5. The summed E-state index contributed by atoms with van der Waals surface area (Å²) < 4.78 is 22.3. The van der Waals surface area contributed by atoms with E-state index in [1.165, 1.54) is 39.5 Å². The molecule has 3 aromatic carbocycles. The molecule has 8 heteroatoms. The average molecular weight is 466 g/mol. The van der Waals surface area contributed by atoms with Gasteiger partial charge in [-0.2, -0.15) is 0 Å². The van der Waals surface area contributed by atoms with Gasteiger partial charge in [0, 0.05) is 17.2 Å². The van der Waals surface area contributed by atoms with Gasteiger partial charge in [0.05, 0.1) is 33.9 Å². The molecular formula is C26H26O8. The molecule has 0 bridgehead atoms. The molecule has 4 rings (SSSR count). The van der Waals surface area contributed by atoms with Crippen LogP contribution in [-0.4, -0.2) is 48.4 Å². The van der Waals surface area contributed by atoms with E-state index in [0.717, 1.165) is 11.1 Å². The minimum atomic E-state index is -0.570. The minimum absolute atomic E-state index is 0.0393. The molecule has 1 heterocycles. The summed E-state index contributed by atoms with van der Waals surface area (Å²) >= 11 is 0. The van der Waals surface area contributed by atoms with Crippen molar-refractivity contribution in [3.63, 3.8) is 0 Å². The third-order valence-electron chi connectivity index (χ3n) is 5.76. The number of phenolic OH excluding ortho intramolecular Hbond substituents is 3. The fourth-order valence-electron chi connectivity index (χ4n) is 4.15. The zero-order valence-electron chi connectivity index (χ0n) is 19.0. The SMILES string of the molecule is COc1cc(C2Oc3c(OC)cc(C=Cc4cc(O)cc(O)c4)cc3C2CO)cc(OC)c1O. The van der Waals surface area contributed by atoms with E-state index >= 15 is 0 Å². The predicted molar refractivity (Wildman–Crippen MR) is 126 cm³/mol. The Balaban J connectivity index is 1.73. The summed E-state index contributed by atoms with van der Waals surface area (Å²) in [5.74, 6) is 0.865. The van der Waals surface area contributed by atoms with E-state index < -0.39 is 12.0 Å². The van der Waals surface area contributed by atoms with Gasteiger partial charge in [-0.05, 0) is 47.5 Å².